The molecule has 0 spiro atoms. The summed E-state index contributed by atoms with van der Waals surface area (Å²) in [5.74, 6) is 0.00979. The molecule has 1 aromatic carbocycles. The number of benzene rings is 1. The molecule has 1 N–H and O–H groups in total. The van der Waals surface area contributed by atoms with Crippen molar-refractivity contribution in [2.24, 2.45) is 5.41 Å². The maximum atomic E-state index is 12.1. The van der Waals surface area contributed by atoms with Crippen LogP contribution < -0.4 is 5.32 Å². The first-order valence-corrected chi connectivity index (χ1v) is 8.11. The Hall–Kier alpha value is -1.39. The third-order valence-corrected chi connectivity index (χ3v) is 3.77. The minimum atomic E-state index is 0.00979. The van der Waals surface area contributed by atoms with Gasteiger partial charge in [0.25, 0.3) is 5.91 Å². The van der Waals surface area contributed by atoms with Crippen molar-refractivity contribution in [2.45, 2.75) is 27.2 Å². The molecule has 22 heavy (non-hydrogen) atoms. The number of carbonyl (C=O) groups is 1. The van der Waals surface area contributed by atoms with Crippen molar-refractivity contribution in [1.29, 1.82) is 0 Å². The minimum Gasteiger partial charge on any atom is -0.379 e. The van der Waals surface area contributed by atoms with Crippen LogP contribution >= 0.6 is 0 Å². The smallest absolute Gasteiger partial charge is 0.251 e. The largest absolute Gasteiger partial charge is 0.379 e. The number of amides is 1. The Labute approximate surface area is 133 Å². The third-order valence-electron chi connectivity index (χ3n) is 3.77. The van der Waals surface area contributed by atoms with Gasteiger partial charge in [-0.15, -0.1) is 0 Å². The zero-order valence-electron chi connectivity index (χ0n) is 14.0. The normalized spacial score (nSPS) is 16.5. The summed E-state index contributed by atoms with van der Waals surface area (Å²) in [4.78, 5) is 14.4. The van der Waals surface area contributed by atoms with E-state index in [4.69, 9.17) is 4.74 Å². The molecule has 0 bridgehead atoms. The van der Waals surface area contributed by atoms with Gasteiger partial charge in [0, 0.05) is 31.7 Å². The molecule has 1 aromatic rings. The molecule has 1 aliphatic heterocycles. The van der Waals surface area contributed by atoms with E-state index in [9.17, 15) is 4.79 Å². The highest BCUT2D eigenvalue weighted by Gasteiger charge is 2.13. The number of nitrogens with one attached hydrogen (secondary N) is 1. The molecule has 2 rings (SSSR count). The molecule has 0 aromatic heterocycles. The highest BCUT2D eigenvalue weighted by atomic mass is 16.5. The second-order valence-electron chi connectivity index (χ2n) is 7.14. The summed E-state index contributed by atoms with van der Waals surface area (Å²) < 4.78 is 5.31. The molecule has 0 radical (unpaired) electrons. The summed E-state index contributed by atoms with van der Waals surface area (Å²) in [6.45, 7) is 11.7. The van der Waals surface area contributed by atoms with E-state index in [1.54, 1.807) is 0 Å². The topological polar surface area (TPSA) is 41.6 Å². The second kappa shape index (κ2) is 7.75. The zero-order chi connectivity index (χ0) is 16.0. The molecule has 4 heteroatoms. The number of ether oxygens (including phenoxy) is 1. The van der Waals surface area contributed by atoms with Gasteiger partial charge >= 0.3 is 0 Å². The summed E-state index contributed by atoms with van der Waals surface area (Å²) in [6, 6.07) is 7.96. The van der Waals surface area contributed by atoms with E-state index >= 15 is 0 Å². The monoisotopic (exact) mass is 304 g/mol. The first-order valence-electron chi connectivity index (χ1n) is 8.11. The molecule has 1 saturated heterocycles. The van der Waals surface area contributed by atoms with Gasteiger partial charge in [0.05, 0.1) is 13.2 Å². The standard InChI is InChI=1S/C18H28N2O2/c1-18(2,3)14-15-4-6-16(7-5-15)17(21)19-8-9-20-10-12-22-13-11-20/h4-7H,8-14H2,1-3H3,(H,19,21). The molecule has 1 fully saturated rings. The molecule has 1 amide bonds. The van der Waals surface area contributed by atoms with Gasteiger partial charge in [0.1, 0.15) is 0 Å². The molecule has 0 atom stereocenters. The Balaban J connectivity index is 1.77. The number of nitrogens with zero attached hydrogens (tertiary/aromatic N) is 1. The lowest BCUT2D eigenvalue weighted by Gasteiger charge is -2.26. The minimum absolute atomic E-state index is 0.00979. The van der Waals surface area contributed by atoms with E-state index in [0.29, 0.717) is 6.54 Å². The van der Waals surface area contributed by atoms with Crippen molar-refractivity contribution in [3.63, 3.8) is 0 Å². The lowest BCUT2D eigenvalue weighted by Crippen LogP contribution is -2.41. The van der Waals surface area contributed by atoms with Crippen LogP contribution in [0.3, 0.4) is 0 Å². The van der Waals surface area contributed by atoms with Crippen LogP contribution in [0.2, 0.25) is 0 Å². The Morgan fingerprint density at radius 2 is 1.82 bits per heavy atom. The van der Waals surface area contributed by atoms with Crippen molar-refractivity contribution in [3.8, 4) is 0 Å². The fourth-order valence-corrected chi connectivity index (χ4v) is 2.64. The van der Waals surface area contributed by atoms with Gasteiger partial charge in [0.15, 0.2) is 0 Å². The number of hydrogen-bond donors (Lipinski definition) is 1. The Bertz CT molecular complexity index is 471. The number of morpholine rings is 1. The molecule has 1 aliphatic rings. The van der Waals surface area contributed by atoms with E-state index < -0.39 is 0 Å². The molecule has 0 unspecified atom stereocenters. The molecule has 0 aliphatic carbocycles. The first-order chi connectivity index (χ1) is 10.4. The van der Waals surface area contributed by atoms with E-state index in [1.807, 2.05) is 12.1 Å². The number of hydrogen-bond acceptors (Lipinski definition) is 3. The number of rotatable bonds is 5. The third kappa shape index (κ3) is 5.78. The van der Waals surface area contributed by atoms with Crippen molar-refractivity contribution >= 4 is 5.91 Å². The molecular weight excluding hydrogens is 276 g/mol. The predicted molar refractivity (Wildman–Crippen MR) is 89.2 cm³/mol. The van der Waals surface area contributed by atoms with E-state index in [2.05, 4.69) is 43.1 Å². The Morgan fingerprint density at radius 1 is 1.18 bits per heavy atom. The SMILES string of the molecule is CC(C)(C)Cc1ccc(C(=O)NCCN2CCOCC2)cc1. The van der Waals surface area contributed by atoms with Gasteiger partial charge in [-0.2, -0.15) is 0 Å². The second-order valence-corrected chi connectivity index (χ2v) is 7.14. The Morgan fingerprint density at radius 3 is 2.41 bits per heavy atom. The van der Waals surface area contributed by atoms with Crippen LogP contribution in [-0.4, -0.2) is 50.2 Å². The molecule has 1 heterocycles. The average Bonchev–Trinajstić information content (AvgIpc) is 2.47. The first kappa shape index (κ1) is 17.0. The highest BCUT2D eigenvalue weighted by molar-refractivity contribution is 5.94. The highest BCUT2D eigenvalue weighted by Crippen LogP contribution is 2.20. The maximum Gasteiger partial charge on any atom is 0.251 e. The molecular formula is C18H28N2O2. The zero-order valence-corrected chi connectivity index (χ0v) is 14.0. The average molecular weight is 304 g/mol. The molecule has 122 valence electrons. The molecule has 0 saturated carbocycles. The summed E-state index contributed by atoms with van der Waals surface area (Å²) >= 11 is 0. The van der Waals surface area contributed by atoms with Gasteiger partial charge in [-0.3, -0.25) is 9.69 Å². The van der Waals surface area contributed by atoms with Crippen LogP contribution in [0.25, 0.3) is 0 Å². The van der Waals surface area contributed by atoms with Crippen molar-refractivity contribution < 1.29 is 9.53 Å². The summed E-state index contributed by atoms with van der Waals surface area (Å²) in [7, 11) is 0. The van der Waals surface area contributed by atoms with Gasteiger partial charge in [0.2, 0.25) is 0 Å². The summed E-state index contributed by atoms with van der Waals surface area (Å²) in [6.07, 6.45) is 1.02. The van der Waals surface area contributed by atoms with Crippen molar-refractivity contribution in [1.82, 2.24) is 10.2 Å². The van der Waals surface area contributed by atoms with E-state index in [0.717, 1.165) is 44.8 Å². The van der Waals surface area contributed by atoms with Gasteiger partial charge < -0.3 is 10.1 Å². The Kier molecular flexibility index (Phi) is 5.98. The maximum absolute atomic E-state index is 12.1. The van der Waals surface area contributed by atoms with Crippen LogP contribution in [0.4, 0.5) is 0 Å². The van der Waals surface area contributed by atoms with Crippen molar-refractivity contribution in [3.05, 3.63) is 35.4 Å². The predicted octanol–water partition coefficient (Wildman–Crippen LogP) is 2.34. The van der Waals surface area contributed by atoms with E-state index in [1.165, 1.54) is 5.56 Å². The van der Waals surface area contributed by atoms with Gasteiger partial charge in [-0.25, -0.2) is 0 Å². The summed E-state index contributed by atoms with van der Waals surface area (Å²) in [5.41, 5.74) is 2.28. The van der Waals surface area contributed by atoms with Crippen LogP contribution in [-0.2, 0) is 11.2 Å². The van der Waals surface area contributed by atoms with Crippen LogP contribution in [0, 0.1) is 5.41 Å². The van der Waals surface area contributed by atoms with Gasteiger partial charge in [-0.1, -0.05) is 32.9 Å². The van der Waals surface area contributed by atoms with Crippen LogP contribution in [0.15, 0.2) is 24.3 Å². The van der Waals surface area contributed by atoms with E-state index in [-0.39, 0.29) is 11.3 Å². The summed E-state index contributed by atoms with van der Waals surface area (Å²) in [5, 5.41) is 2.99. The lowest BCUT2D eigenvalue weighted by molar-refractivity contribution is 0.0383. The fraction of sp³-hybridized carbons (Fsp3) is 0.611. The van der Waals surface area contributed by atoms with Gasteiger partial charge in [-0.05, 0) is 29.5 Å². The van der Waals surface area contributed by atoms with Crippen LogP contribution in [0.1, 0.15) is 36.7 Å². The molecule has 4 nitrogen and oxygen atoms in total. The van der Waals surface area contributed by atoms with Crippen molar-refractivity contribution in [2.75, 3.05) is 39.4 Å². The lowest BCUT2D eigenvalue weighted by atomic mass is 9.88. The quantitative estimate of drug-likeness (QED) is 0.908. The number of carbonyl (C=O) groups excluding carboxylic acids is 1. The fourth-order valence-electron chi connectivity index (χ4n) is 2.64. The van der Waals surface area contributed by atoms with Crippen LogP contribution in [0.5, 0.6) is 0 Å².